The summed E-state index contributed by atoms with van der Waals surface area (Å²) in [6, 6.07) is 10.6. The van der Waals surface area contributed by atoms with E-state index in [1.54, 1.807) is 12.3 Å². The summed E-state index contributed by atoms with van der Waals surface area (Å²) in [6.07, 6.45) is 1.59. The van der Waals surface area contributed by atoms with Crippen LogP contribution in [0.5, 0.6) is 0 Å². The predicted molar refractivity (Wildman–Crippen MR) is 97.9 cm³/mol. The highest BCUT2D eigenvalue weighted by molar-refractivity contribution is 6.31. The molecule has 0 aliphatic carbocycles. The number of halogens is 1. The van der Waals surface area contributed by atoms with Gasteiger partial charge in [0.15, 0.2) is 0 Å². The largest absolute Gasteiger partial charge is 0.348 e. The predicted octanol–water partition coefficient (Wildman–Crippen LogP) is 2.82. The van der Waals surface area contributed by atoms with Gasteiger partial charge in [-0.05, 0) is 18.2 Å². The number of benzene rings is 1. The topological polar surface area (TPSA) is 62.5 Å². The first-order chi connectivity index (χ1) is 12.1. The summed E-state index contributed by atoms with van der Waals surface area (Å²) >= 11 is 6.09. The van der Waals surface area contributed by atoms with Crippen LogP contribution in [0.2, 0.25) is 5.02 Å². The van der Waals surface area contributed by atoms with Gasteiger partial charge in [0, 0.05) is 44.0 Å². The van der Waals surface area contributed by atoms with Crippen molar-refractivity contribution in [2.24, 2.45) is 0 Å². The molecule has 1 aliphatic rings. The fourth-order valence-electron chi connectivity index (χ4n) is 2.70. The van der Waals surface area contributed by atoms with Gasteiger partial charge < -0.3 is 4.90 Å². The van der Waals surface area contributed by atoms with Gasteiger partial charge >= 0.3 is 5.69 Å². The first-order valence-corrected chi connectivity index (χ1v) is 8.33. The summed E-state index contributed by atoms with van der Waals surface area (Å²) in [5, 5.41) is 11.8. The SMILES string of the molecule is O=[N+]([O-])c1cccnc1N1CCN(CC#Cc2ccccc2Cl)CC1. The lowest BCUT2D eigenvalue weighted by molar-refractivity contribution is -0.384. The van der Waals surface area contributed by atoms with Gasteiger partial charge in [0.2, 0.25) is 5.82 Å². The summed E-state index contributed by atoms with van der Waals surface area (Å²) in [6.45, 7) is 3.58. The third-order valence-corrected chi connectivity index (χ3v) is 4.36. The Balaban J connectivity index is 1.58. The van der Waals surface area contributed by atoms with Crippen molar-refractivity contribution in [2.75, 3.05) is 37.6 Å². The van der Waals surface area contributed by atoms with Crippen molar-refractivity contribution < 1.29 is 4.92 Å². The maximum absolute atomic E-state index is 11.1. The highest BCUT2D eigenvalue weighted by Gasteiger charge is 2.24. The average Bonchev–Trinajstić information content (AvgIpc) is 2.64. The van der Waals surface area contributed by atoms with Crippen molar-refractivity contribution in [1.82, 2.24) is 9.88 Å². The van der Waals surface area contributed by atoms with Crippen LogP contribution in [0.3, 0.4) is 0 Å². The van der Waals surface area contributed by atoms with E-state index >= 15 is 0 Å². The van der Waals surface area contributed by atoms with Crippen LogP contribution in [0.25, 0.3) is 0 Å². The van der Waals surface area contributed by atoms with Crippen molar-refractivity contribution in [3.8, 4) is 11.8 Å². The monoisotopic (exact) mass is 356 g/mol. The van der Waals surface area contributed by atoms with Crippen LogP contribution in [0.15, 0.2) is 42.6 Å². The van der Waals surface area contributed by atoms with Crippen LogP contribution >= 0.6 is 11.6 Å². The second-order valence-corrected chi connectivity index (χ2v) is 6.06. The molecule has 0 spiro atoms. The molecule has 1 fully saturated rings. The van der Waals surface area contributed by atoms with Crippen LogP contribution in [0.4, 0.5) is 11.5 Å². The van der Waals surface area contributed by atoms with Crippen LogP contribution in [-0.2, 0) is 0 Å². The first kappa shape index (κ1) is 17.2. The highest BCUT2D eigenvalue weighted by Crippen LogP contribution is 2.25. The minimum absolute atomic E-state index is 0.0504. The Morgan fingerprint density at radius 1 is 1.16 bits per heavy atom. The number of piperazine rings is 1. The standard InChI is InChI=1S/C18H17ClN4O2/c19-16-7-2-1-5-15(16)6-4-10-21-11-13-22(14-12-21)18-17(23(24)25)8-3-9-20-18/h1-3,5,7-9H,10-14H2. The fraction of sp³-hybridized carbons (Fsp3) is 0.278. The number of pyridine rings is 1. The maximum atomic E-state index is 11.1. The van der Waals surface area contributed by atoms with Crippen molar-refractivity contribution in [3.63, 3.8) is 0 Å². The Labute approximate surface area is 151 Å². The number of anilines is 1. The molecular weight excluding hydrogens is 340 g/mol. The summed E-state index contributed by atoms with van der Waals surface area (Å²) in [7, 11) is 0. The maximum Gasteiger partial charge on any atom is 0.311 e. The molecule has 0 saturated carbocycles. The molecule has 2 heterocycles. The lowest BCUT2D eigenvalue weighted by Crippen LogP contribution is -2.46. The second kappa shape index (κ2) is 7.97. The molecule has 1 aromatic carbocycles. The Hall–Kier alpha value is -2.62. The average molecular weight is 357 g/mol. The van der Waals surface area contributed by atoms with Crippen molar-refractivity contribution in [3.05, 3.63) is 63.3 Å². The van der Waals surface area contributed by atoms with Crippen molar-refractivity contribution in [1.29, 1.82) is 0 Å². The normalized spacial score (nSPS) is 14.7. The van der Waals surface area contributed by atoms with E-state index < -0.39 is 0 Å². The minimum Gasteiger partial charge on any atom is -0.348 e. The number of rotatable bonds is 3. The van der Waals surface area contributed by atoms with E-state index in [0.717, 1.165) is 18.7 Å². The van der Waals surface area contributed by atoms with E-state index in [0.29, 0.717) is 30.5 Å². The molecule has 1 saturated heterocycles. The second-order valence-electron chi connectivity index (χ2n) is 5.65. The van der Waals surface area contributed by atoms with Crippen molar-refractivity contribution in [2.45, 2.75) is 0 Å². The Morgan fingerprint density at radius 3 is 2.64 bits per heavy atom. The molecule has 0 bridgehead atoms. The third kappa shape index (κ3) is 4.27. The summed E-state index contributed by atoms with van der Waals surface area (Å²) in [5.74, 6) is 6.67. The molecule has 1 aromatic heterocycles. The third-order valence-electron chi connectivity index (χ3n) is 4.03. The molecule has 0 radical (unpaired) electrons. The van der Waals surface area contributed by atoms with Gasteiger partial charge in [-0.1, -0.05) is 35.6 Å². The first-order valence-electron chi connectivity index (χ1n) is 7.95. The molecule has 0 N–H and O–H groups in total. The smallest absolute Gasteiger partial charge is 0.311 e. The molecule has 0 atom stereocenters. The molecular formula is C18H17ClN4O2. The number of nitro groups is 1. The zero-order chi connectivity index (χ0) is 17.6. The van der Waals surface area contributed by atoms with E-state index in [9.17, 15) is 10.1 Å². The molecule has 128 valence electrons. The van der Waals surface area contributed by atoms with E-state index in [1.165, 1.54) is 6.07 Å². The minimum atomic E-state index is -0.385. The molecule has 6 nitrogen and oxygen atoms in total. The Bertz CT molecular complexity index is 823. The van der Waals surface area contributed by atoms with Gasteiger partial charge in [-0.3, -0.25) is 15.0 Å². The van der Waals surface area contributed by atoms with Gasteiger partial charge in [-0.15, -0.1) is 0 Å². The summed E-state index contributed by atoms with van der Waals surface area (Å²) in [5.41, 5.74) is 0.876. The van der Waals surface area contributed by atoms with E-state index in [1.807, 2.05) is 29.2 Å². The van der Waals surface area contributed by atoms with Gasteiger partial charge in [0.1, 0.15) is 0 Å². The van der Waals surface area contributed by atoms with E-state index in [-0.39, 0.29) is 10.6 Å². The molecule has 0 amide bonds. The van der Waals surface area contributed by atoms with Crippen molar-refractivity contribution >= 4 is 23.1 Å². The lowest BCUT2D eigenvalue weighted by atomic mass is 10.2. The van der Waals surface area contributed by atoms with Gasteiger partial charge in [0.25, 0.3) is 0 Å². The van der Waals surface area contributed by atoms with Crippen LogP contribution in [0.1, 0.15) is 5.56 Å². The molecule has 3 rings (SSSR count). The zero-order valence-corrected chi connectivity index (χ0v) is 14.3. The molecule has 1 aliphatic heterocycles. The Morgan fingerprint density at radius 2 is 1.92 bits per heavy atom. The quantitative estimate of drug-likeness (QED) is 0.481. The molecule has 2 aromatic rings. The molecule has 0 unspecified atom stereocenters. The Kier molecular flexibility index (Phi) is 5.49. The van der Waals surface area contributed by atoms with E-state index in [2.05, 4.69) is 21.7 Å². The van der Waals surface area contributed by atoms with E-state index in [4.69, 9.17) is 11.6 Å². The number of hydrogen-bond acceptors (Lipinski definition) is 5. The number of hydrogen-bond donors (Lipinski definition) is 0. The van der Waals surface area contributed by atoms with Crippen LogP contribution in [0, 0.1) is 22.0 Å². The van der Waals surface area contributed by atoms with Crippen LogP contribution in [-0.4, -0.2) is 47.5 Å². The molecule has 25 heavy (non-hydrogen) atoms. The zero-order valence-electron chi connectivity index (χ0n) is 13.6. The van der Waals surface area contributed by atoms with Crippen LogP contribution < -0.4 is 4.90 Å². The summed E-state index contributed by atoms with van der Waals surface area (Å²) < 4.78 is 0. The lowest BCUT2D eigenvalue weighted by Gasteiger charge is -2.34. The summed E-state index contributed by atoms with van der Waals surface area (Å²) in [4.78, 5) is 19.1. The fourth-order valence-corrected chi connectivity index (χ4v) is 2.88. The van der Waals surface area contributed by atoms with Gasteiger partial charge in [-0.2, -0.15) is 0 Å². The van der Waals surface area contributed by atoms with Gasteiger partial charge in [0.05, 0.1) is 16.5 Å². The number of aromatic nitrogens is 1. The van der Waals surface area contributed by atoms with Gasteiger partial charge in [-0.25, -0.2) is 4.98 Å². The highest BCUT2D eigenvalue weighted by atomic mass is 35.5. The number of nitrogens with zero attached hydrogens (tertiary/aromatic N) is 4. The molecule has 7 heteroatoms.